The lowest BCUT2D eigenvalue weighted by molar-refractivity contribution is -0.140. The summed E-state index contributed by atoms with van der Waals surface area (Å²) in [6.45, 7) is 4.17. The molecule has 1 rings (SSSR count). The number of esters is 1. The number of rotatable bonds is 5. The Kier molecular flexibility index (Phi) is 5.65. The van der Waals surface area contributed by atoms with Crippen LogP contribution in [-0.4, -0.2) is 51.2 Å². The molecule has 0 aliphatic carbocycles. The second kappa shape index (κ2) is 6.80. The molecule has 0 aromatic heterocycles. The highest BCUT2D eigenvalue weighted by Crippen LogP contribution is 2.12. The van der Waals surface area contributed by atoms with Gasteiger partial charge in [-0.1, -0.05) is 0 Å². The molecule has 0 unspecified atom stereocenters. The lowest BCUT2D eigenvalue weighted by Crippen LogP contribution is -2.35. The average Bonchev–Trinajstić information content (AvgIpc) is 2.27. The van der Waals surface area contributed by atoms with Crippen molar-refractivity contribution in [1.29, 1.82) is 0 Å². The van der Waals surface area contributed by atoms with Crippen LogP contribution in [0.3, 0.4) is 0 Å². The molecule has 4 heteroatoms. The lowest BCUT2D eigenvalue weighted by Gasteiger charge is -2.27. The first-order valence-electron chi connectivity index (χ1n) is 5.68. The van der Waals surface area contributed by atoms with E-state index in [4.69, 9.17) is 0 Å². The fourth-order valence-electron chi connectivity index (χ4n) is 1.98. The number of hydrogen-bond donors (Lipinski definition) is 1. The Morgan fingerprint density at radius 2 is 2.13 bits per heavy atom. The number of carbonyl (C=O) groups is 1. The van der Waals surface area contributed by atoms with Gasteiger partial charge in [0.25, 0.3) is 0 Å². The van der Waals surface area contributed by atoms with Gasteiger partial charge in [-0.2, -0.15) is 0 Å². The van der Waals surface area contributed by atoms with Crippen LogP contribution in [0.25, 0.3) is 0 Å². The van der Waals surface area contributed by atoms with E-state index in [1.165, 1.54) is 20.0 Å². The van der Waals surface area contributed by atoms with E-state index >= 15 is 0 Å². The molecule has 0 bridgehead atoms. The summed E-state index contributed by atoms with van der Waals surface area (Å²) in [5, 5.41) is 3.35. The molecule has 0 aromatic rings. The summed E-state index contributed by atoms with van der Waals surface area (Å²) < 4.78 is 4.61. The topological polar surface area (TPSA) is 41.6 Å². The Labute approximate surface area is 92.0 Å². The number of methoxy groups -OCH3 is 1. The zero-order valence-corrected chi connectivity index (χ0v) is 9.79. The number of nitrogens with zero attached hydrogens (tertiary/aromatic N) is 1. The van der Waals surface area contributed by atoms with E-state index in [2.05, 4.69) is 22.0 Å². The van der Waals surface area contributed by atoms with Crippen LogP contribution in [0.5, 0.6) is 0 Å². The second-order valence-electron chi connectivity index (χ2n) is 4.28. The first-order chi connectivity index (χ1) is 7.22. The summed E-state index contributed by atoms with van der Waals surface area (Å²) in [5.74, 6) is 0.668. The standard InChI is InChI=1S/C11H22N2O2/c1-13(8-5-11(14)15-2)9-10-3-6-12-7-4-10/h10,12H,3-9H2,1-2H3. The Morgan fingerprint density at radius 3 is 2.73 bits per heavy atom. The molecule has 1 fully saturated rings. The van der Waals surface area contributed by atoms with Crippen LogP contribution in [0.15, 0.2) is 0 Å². The van der Waals surface area contributed by atoms with E-state index in [0.717, 1.165) is 32.1 Å². The van der Waals surface area contributed by atoms with Crippen molar-refractivity contribution in [3.63, 3.8) is 0 Å². The highest BCUT2D eigenvalue weighted by Gasteiger charge is 2.15. The molecular formula is C11H22N2O2. The molecule has 1 aliphatic rings. The Balaban J connectivity index is 2.11. The maximum Gasteiger partial charge on any atom is 0.306 e. The monoisotopic (exact) mass is 214 g/mol. The van der Waals surface area contributed by atoms with Gasteiger partial charge in [-0.3, -0.25) is 4.79 Å². The van der Waals surface area contributed by atoms with Crippen LogP contribution >= 0.6 is 0 Å². The highest BCUT2D eigenvalue weighted by atomic mass is 16.5. The number of ether oxygens (including phenoxy) is 1. The van der Waals surface area contributed by atoms with E-state index in [1.54, 1.807) is 0 Å². The van der Waals surface area contributed by atoms with Gasteiger partial charge >= 0.3 is 5.97 Å². The summed E-state index contributed by atoms with van der Waals surface area (Å²) in [6.07, 6.45) is 3.00. The van der Waals surface area contributed by atoms with E-state index in [-0.39, 0.29) is 5.97 Å². The fourth-order valence-corrected chi connectivity index (χ4v) is 1.98. The quantitative estimate of drug-likeness (QED) is 0.676. The van der Waals surface area contributed by atoms with Gasteiger partial charge in [0.2, 0.25) is 0 Å². The fraction of sp³-hybridized carbons (Fsp3) is 0.909. The van der Waals surface area contributed by atoms with Crippen molar-refractivity contribution in [1.82, 2.24) is 10.2 Å². The Morgan fingerprint density at radius 1 is 1.47 bits per heavy atom. The third kappa shape index (κ3) is 5.14. The normalized spacial score (nSPS) is 18.1. The van der Waals surface area contributed by atoms with Gasteiger partial charge in [0, 0.05) is 13.1 Å². The van der Waals surface area contributed by atoms with Gasteiger partial charge in [-0.15, -0.1) is 0 Å². The summed E-state index contributed by atoms with van der Waals surface area (Å²) in [6, 6.07) is 0. The molecule has 1 saturated heterocycles. The van der Waals surface area contributed by atoms with Gasteiger partial charge in [-0.05, 0) is 38.9 Å². The summed E-state index contributed by atoms with van der Waals surface area (Å²) >= 11 is 0. The van der Waals surface area contributed by atoms with Gasteiger partial charge in [-0.25, -0.2) is 0 Å². The Bertz CT molecular complexity index is 191. The summed E-state index contributed by atoms with van der Waals surface area (Å²) in [7, 11) is 3.51. The largest absolute Gasteiger partial charge is 0.469 e. The van der Waals surface area contributed by atoms with Crippen molar-refractivity contribution >= 4 is 5.97 Å². The maximum absolute atomic E-state index is 10.9. The zero-order chi connectivity index (χ0) is 11.1. The predicted octanol–water partition coefficient (Wildman–Crippen LogP) is 0.481. The number of carbonyl (C=O) groups excluding carboxylic acids is 1. The average molecular weight is 214 g/mol. The molecule has 4 nitrogen and oxygen atoms in total. The van der Waals surface area contributed by atoms with Gasteiger partial charge in [0.15, 0.2) is 0 Å². The summed E-state index contributed by atoms with van der Waals surface area (Å²) in [4.78, 5) is 13.2. The van der Waals surface area contributed by atoms with E-state index in [1.807, 2.05) is 0 Å². The van der Waals surface area contributed by atoms with Crippen LogP contribution in [0.1, 0.15) is 19.3 Å². The number of hydrogen-bond acceptors (Lipinski definition) is 4. The minimum atomic E-state index is -0.118. The number of piperidine rings is 1. The lowest BCUT2D eigenvalue weighted by atomic mass is 9.98. The molecule has 88 valence electrons. The molecule has 0 saturated carbocycles. The van der Waals surface area contributed by atoms with Crippen molar-refractivity contribution in [2.75, 3.05) is 40.3 Å². The van der Waals surface area contributed by atoms with Crippen LogP contribution < -0.4 is 5.32 Å². The zero-order valence-electron chi connectivity index (χ0n) is 9.79. The minimum absolute atomic E-state index is 0.118. The molecule has 0 atom stereocenters. The van der Waals surface area contributed by atoms with E-state index in [0.29, 0.717) is 6.42 Å². The molecule has 1 heterocycles. The predicted molar refractivity (Wildman–Crippen MR) is 59.7 cm³/mol. The maximum atomic E-state index is 10.9. The highest BCUT2D eigenvalue weighted by molar-refractivity contribution is 5.69. The van der Waals surface area contributed by atoms with E-state index in [9.17, 15) is 4.79 Å². The first-order valence-corrected chi connectivity index (χ1v) is 5.68. The first kappa shape index (κ1) is 12.5. The molecule has 0 spiro atoms. The van der Waals surface area contributed by atoms with Gasteiger partial charge < -0.3 is 15.0 Å². The molecule has 1 N–H and O–H groups in total. The molecule has 0 radical (unpaired) electrons. The molecule has 15 heavy (non-hydrogen) atoms. The SMILES string of the molecule is COC(=O)CCN(C)CC1CCNCC1. The Hall–Kier alpha value is -0.610. The van der Waals surface area contributed by atoms with Crippen LogP contribution in [0, 0.1) is 5.92 Å². The molecule has 1 aliphatic heterocycles. The van der Waals surface area contributed by atoms with E-state index < -0.39 is 0 Å². The number of nitrogens with one attached hydrogen (secondary N) is 1. The van der Waals surface area contributed by atoms with Crippen LogP contribution in [0.4, 0.5) is 0 Å². The van der Waals surface area contributed by atoms with Crippen LogP contribution in [0.2, 0.25) is 0 Å². The smallest absolute Gasteiger partial charge is 0.306 e. The second-order valence-corrected chi connectivity index (χ2v) is 4.28. The van der Waals surface area contributed by atoms with Gasteiger partial charge in [0.1, 0.15) is 0 Å². The minimum Gasteiger partial charge on any atom is -0.469 e. The molecular weight excluding hydrogens is 192 g/mol. The molecule has 0 aromatic carbocycles. The molecule has 0 amide bonds. The van der Waals surface area contributed by atoms with Gasteiger partial charge in [0.05, 0.1) is 13.5 Å². The van der Waals surface area contributed by atoms with Crippen molar-refractivity contribution in [3.05, 3.63) is 0 Å². The third-order valence-corrected chi connectivity index (χ3v) is 2.95. The van der Waals surface area contributed by atoms with Crippen molar-refractivity contribution < 1.29 is 9.53 Å². The van der Waals surface area contributed by atoms with Crippen LogP contribution in [-0.2, 0) is 9.53 Å². The van der Waals surface area contributed by atoms with Crippen molar-refractivity contribution in [2.45, 2.75) is 19.3 Å². The summed E-state index contributed by atoms with van der Waals surface area (Å²) in [5.41, 5.74) is 0. The van der Waals surface area contributed by atoms with Crippen molar-refractivity contribution in [3.8, 4) is 0 Å². The van der Waals surface area contributed by atoms with Crippen molar-refractivity contribution in [2.24, 2.45) is 5.92 Å². The third-order valence-electron chi connectivity index (χ3n) is 2.95.